The topological polar surface area (TPSA) is 186 Å². The zero-order chi connectivity index (χ0) is 34.6. The molecule has 0 spiro atoms. The fraction of sp³-hybridized carbons (Fsp3) is 0.485. The summed E-state index contributed by atoms with van der Waals surface area (Å²) >= 11 is 0. The number of oxazole rings is 1. The minimum absolute atomic E-state index is 0.0102. The van der Waals surface area contributed by atoms with Gasteiger partial charge in [-0.25, -0.2) is 23.9 Å². The summed E-state index contributed by atoms with van der Waals surface area (Å²) < 4.78 is 31.5. The highest BCUT2D eigenvalue weighted by Gasteiger charge is 2.39. The number of esters is 1. The number of aliphatic hydroxyl groups is 1. The number of hydrogen-bond donors (Lipinski definition) is 3. The summed E-state index contributed by atoms with van der Waals surface area (Å²) in [6, 6.07) is -0.930. The lowest BCUT2D eigenvalue weighted by Crippen LogP contribution is -2.44. The van der Waals surface area contributed by atoms with Crippen LogP contribution in [0.25, 0.3) is 0 Å². The van der Waals surface area contributed by atoms with Gasteiger partial charge in [0.15, 0.2) is 17.4 Å². The first-order valence-electron chi connectivity index (χ1n) is 15.8. The number of nitrogens with one attached hydrogen (secondary N) is 2. The van der Waals surface area contributed by atoms with Crippen molar-refractivity contribution in [2.24, 2.45) is 11.8 Å². The number of aromatic nitrogens is 3. The van der Waals surface area contributed by atoms with Crippen molar-refractivity contribution >= 4 is 29.7 Å². The van der Waals surface area contributed by atoms with Gasteiger partial charge in [0.25, 0.3) is 5.91 Å². The molecule has 0 aromatic carbocycles. The second kappa shape index (κ2) is 17.3. The van der Waals surface area contributed by atoms with E-state index in [1.807, 2.05) is 0 Å². The number of amides is 3. The number of fused-ring (bicyclic) bond motifs is 3. The first-order valence-corrected chi connectivity index (χ1v) is 15.8. The summed E-state index contributed by atoms with van der Waals surface area (Å²) in [5.41, 5.74) is 0.591. The van der Waals surface area contributed by atoms with E-state index in [1.165, 1.54) is 35.6 Å². The molecule has 2 aliphatic heterocycles. The maximum atomic E-state index is 14.8. The Kier molecular flexibility index (Phi) is 12.9. The molecule has 48 heavy (non-hydrogen) atoms. The molecule has 3 amide bonds. The maximum absolute atomic E-state index is 14.8. The zero-order valence-corrected chi connectivity index (χ0v) is 27.1. The van der Waals surface area contributed by atoms with E-state index in [0.29, 0.717) is 18.4 Å². The molecule has 2 aromatic rings. The van der Waals surface area contributed by atoms with E-state index in [1.54, 1.807) is 39.0 Å². The van der Waals surface area contributed by atoms with Crippen molar-refractivity contribution in [3.05, 3.63) is 72.4 Å². The predicted molar refractivity (Wildman–Crippen MR) is 170 cm³/mol. The van der Waals surface area contributed by atoms with Gasteiger partial charge in [0.05, 0.1) is 25.3 Å². The summed E-state index contributed by atoms with van der Waals surface area (Å²) in [5.74, 6) is -2.50. The number of ether oxygens (including phenoxy) is 2. The van der Waals surface area contributed by atoms with Crippen molar-refractivity contribution in [2.75, 3.05) is 25.0 Å². The van der Waals surface area contributed by atoms with Crippen molar-refractivity contribution < 1.29 is 42.6 Å². The molecule has 2 aliphatic rings. The lowest BCUT2D eigenvalue weighted by molar-refractivity contribution is -0.159. The number of aliphatic hydroxyl groups excluding tert-OH is 1. The Labute approximate surface area is 277 Å². The number of allylic oxidation sites excluding steroid dienone is 2. The van der Waals surface area contributed by atoms with E-state index >= 15 is 0 Å². The van der Waals surface area contributed by atoms with Gasteiger partial charge in [0, 0.05) is 43.7 Å². The molecule has 0 saturated carbocycles. The van der Waals surface area contributed by atoms with Crippen LogP contribution in [0.5, 0.6) is 0 Å². The van der Waals surface area contributed by atoms with Crippen LogP contribution in [0, 0.1) is 11.8 Å². The van der Waals surface area contributed by atoms with Gasteiger partial charge >= 0.3 is 12.1 Å². The number of cyclic esters (lactones) is 1. The van der Waals surface area contributed by atoms with E-state index < -0.39 is 60.1 Å². The number of anilines is 1. The van der Waals surface area contributed by atoms with Crippen molar-refractivity contribution in [2.45, 2.75) is 70.9 Å². The lowest BCUT2D eigenvalue weighted by atomic mass is 9.93. The Balaban J connectivity index is 1.54. The molecule has 4 rings (SSSR count). The summed E-state index contributed by atoms with van der Waals surface area (Å²) in [7, 11) is 0. The fourth-order valence-corrected chi connectivity index (χ4v) is 5.44. The molecule has 0 radical (unpaired) electrons. The number of hydrogen-bond acceptors (Lipinski definition) is 11. The Morgan fingerprint density at radius 2 is 2.08 bits per heavy atom. The molecule has 258 valence electrons. The van der Waals surface area contributed by atoms with Crippen LogP contribution in [0.4, 0.5) is 15.0 Å². The molecule has 2 aromatic heterocycles. The van der Waals surface area contributed by atoms with Gasteiger partial charge in [0.2, 0.25) is 5.91 Å². The van der Waals surface area contributed by atoms with Crippen molar-refractivity contribution in [3.8, 4) is 0 Å². The minimum Gasteiger partial charge on any atom is -0.460 e. The van der Waals surface area contributed by atoms with Gasteiger partial charge in [-0.1, -0.05) is 43.7 Å². The van der Waals surface area contributed by atoms with E-state index in [4.69, 9.17) is 13.9 Å². The molecule has 2 bridgehead atoms. The number of alkyl halides is 1. The molecule has 1 saturated heterocycles. The number of halogens is 1. The van der Waals surface area contributed by atoms with Gasteiger partial charge < -0.3 is 29.2 Å². The summed E-state index contributed by atoms with van der Waals surface area (Å²) in [5, 5.41) is 15.5. The first kappa shape index (κ1) is 35.9. The van der Waals surface area contributed by atoms with Crippen LogP contribution in [0.2, 0.25) is 0 Å². The zero-order valence-electron chi connectivity index (χ0n) is 27.1. The molecular formula is C33H41FN6O8. The Morgan fingerprint density at radius 1 is 1.27 bits per heavy atom. The summed E-state index contributed by atoms with van der Waals surface area (Å²) in [6.45, 7) is 5.53. The summed E-state index contributed by atoms with van der Waals surface area (Å²) in [4.78, 5) is 65.3. The van der Waals surface area contributed by atoms with Gasteiger partial charge in [0.1, 0.15) is 24.6 Å². The quantitative estimate of drug-likeness (QED) is 0.406. The van der Waals surface area contributed by atoms with Crippen LogP contribution >= 0.6 is 0 Å². The highest BCUT2D eigenvalue weighted by molar-refractivity contribution is 5.95. The molecule has 0 aliphatic carbocycles. The standard InChI is InChI=1S/C33H41FN6O8/c1-20-6-4-10-37-28(42)9-8-21(2)30(22(3)18-47-33(45)39-27-17-35-11-12-36-27)48-32(44)26-7-5-13-40(26)31(43)25-19-46-29(38-25)16-23(34)15-24(41)14-20/h4,6,8-9,11-12,14,17,19,21-24,26,30,41H,5,7,10,13,15-16,18H2,1-3H3,(H,37,42)(H,36,39,45)/b6-4?,9-8+,20-14?. The number of rotatable bonds is 4. The van der Waals surface area contributed by atoms with Crippen LogP contribution in [0.15, 0.2) is 65.2 Å². The van der Waals surface area contributed by atoms with E-state index in [-0.39, 0.29) is 49.9 Å². The Hall–Kier alpha value is -4.92. The smallest absolute Gasteiger partial charge is 0.412 e. The van der Waals surface area contributed by atoms with Crippen LogP contribution < -0.4 is 10.6 Å². The molecule has 6 unspecified atom stereocenters. The van der Waals surface area contributed by atoms with Gasteiger partial charge in [-0.2, -0.15) is 0 Å². The van der Waals surface area contributed by atoms with Gasteiger partial charge in [-0.05, 0) is 25.8 Å². The van der Waals surface area contributed by atoms with Crippen LogP contribution in [0.3, 0.4) is 0 Å². The van der Waals surface area contributed by atoms with Crippen LogP contribution in [-0.2, 0) is 25.5 Å². The Morgan fingerprint density at radius 3 is 2.85 bits per heavy atom. The van der Waals surface area contributed by atoms with Gasteiger partial charge in [-0.15, -0.1) is 0 Å². The highest BCUT2D eigenvalue weighted by atomic mass is 19.1. The molecule has 1 fully saturated rings. The van der Waals surface area contributed by atoms with E-state index in [0.717, 1.165) is 6.26 Å². The largest absolute Gasteiger partial charge is 0.460 e. The lowest BCUT2D eigenvalue weighted by Gasteiger charge is -2.30. The average Bonchev–Trinajstić information content (AvgIpc) is 3.73. The molecule has 15 heteroatoms. The second-order valence-electron chi connectivity index (χ2n) is 11.9. The first-order chi connectivity index (χ1) is 23.0. The SMILES string of the molecule is CC1=CC(O)CC(F)Cc2nc(co2)C(=O)N2CCCC2C(=O)OC(C(C)COC(=O)Nc2cnccn2)C(C)/C=C/C(=O)NCC=C1. The van der Waals surface area contributed by atoms with Crippen molar-refractivity contribution in [1.29, 1.82) is 0 Å². The molecular weight excluding hydrogens is 627 g/mol. The number of carbonyl (C=O) groups excluding carboxylic acids is 4. The maximum Gasteiger partial charge on any atom is 0.412 e. The number of carbonyl (C=O) groups is 4. The Bertz CT molecular complexity index is 1510. The monoisotopic (exact) mass is 668 g/mol. The summed E-state index contributed by atoms with van der Waals surface area (Å²) in [6.07, 6.45) is 9.32. The molecule has 4 heterocycles. The molecule has 6 atom stereocenters. The normalized spacial score (nSPS) is 26.0. The molecule has 14 nitrogen and oxygen atoms in total. The average molecular weight is 669 g/mol. The van der Waals surface area contributed by atoms with E-state index in [9.17, 15) is 28.7 Å². The third-order valence-corrected chi connectivity index (χ3v) is 7.83. The number of nitrogens with zero attached hydrogens (tertiary/aromatic N) is 4. The van der Waals surface area contributed by atoms with Gasteiger partial charge in [-0.3, -0.25) is 19.9 Å². The van der Waals surface area contributed by atoms with Crippen molar-refractivity contribution in [3.63, 3.8) is 0 Å². The minimum atomic E-state index is -1.50. The van der Waals surface area contributed by atoms with Crippen LogP contribution in [0.1, 0.15) is 56.4 Å². The third-order valence-electron chi connectivity index (χ3n) is 7.83. The van der Waals surface area contributed by atoms with Crippen molar-refractivity contribution in [1.82, 2.24) is 25.2 Å². The fourth-order valence-electron chi connectivity index (χ4n) is 5.44. The highest BCUT2D eigenvalue weighted by Crippen LogP contribution is 2.26. The van der Waals surface area contributed by atoms with Crippen LogP contribution in [-0.4, -0.2) is 93.0 Å². The predicted octanol–water partition coefficient (Wildman–Crippen LogP) is 3.32. The third kappa shape index (κ3) is 10.6. The molecule has 3 N–H and O–H groups in total. The van der Waals surface area contributed by atoms with E-state index in [2.05, 4.69) is 25.6 Å². The second-order valence-corrected chi connectivity index (χ2v) is 11.9.